The summed E-state index contributed by atoms with van der Waals surface area (Å²) in [4.78, 5) is 10.2. The molecule has 13 heavy (non-hydrogen) atoms. The van der Waals surface area contributed by atoms with Gasteiger partial charge in [-0.3, -0.25) is 4.79 Å². The minimum atomic E-state index is -0.884. The Morgan fingerprint density at radius 3 is 2.46 bits per heavy atom. The van der Waals surface area contributed by atoms with Gasteiger partial charge in [0.1, 0.15) is 6.54 Å². The number of aliphatic carboxylic acids is 1. The van der Waals surface area contributed by atoms with Gasteiger partial charge in [-0.15, -0.1) is 0 Å². The maximum absolute atomic E-state index is 10.2. The fraction of sp³-hybridized carbons (Fsp3) is 0.125. The Balaban J connectivity index is 0. The minimum Gasteiger partial charge on any atom is -1.00 e. The van der Waals surface area contributed by atoms with Crippen molar-refractivity contribution >= 4 is 23.3 Å². The molecule has 1 rings (SSSR count). The molecule has 0 heterocycles. The molecule has 3 nitrogen and oxygen atoms in total. The molecule has 0 unspecified atom stereocenters. The molecule has 0 spiro atoms. The first-order chi connectivity index (χ1) is 5.68. The number of anilines is 1. The maximum atomic E-state index is 10.2. The van der Waals surface area contributed by atoms with E-state index in [4.69, 9.17) is 16.7 Å². The van der Waals surface area contributed by atoms with E-state index in [2.05, 4.69) is 5.32 Å². The second-order valence-corrected chi connectivity index (χ2v) is 2.69. The van der Waals surface area contributed by atoms with E-state index < -0.39 is 5.97 Å². The Morgan fingerprint density at radius 1 is 1.46 bits per heavy atom. The third-order valence-corrected chi connectivity index (χ3v) is 1.54. The van der Waals surface area contributed by atoms with E-state index in [9.17, 15) is 4.79 Å². The molecule has 0 saturated heterocycles. The normalized spacial score (nSPS) is 8.69. The molecule has 0 aromatic heterocycles. The molecule has 0 amide bonds. The summed E-state index contributed by atoms with van der Waals surface area (Å²) in [7, 11) is 0. The number of nitrogens with one attached hydrogen (secondary N) is 1. The second kappa shape index (κ2) is 6.27. The van der Waals surface area contributed by atoms with Crippen molar-refractivity contribution in [3.63, 3.8) is 0 Å². The first-order valence-electron chi connectivity index (χ1n) is 3.40. The van der Waals surface area contributed by atoms with Crippen molar-refractivity contribution in [2.45, 2.75) is 0 Å². The third kappa shape index (κ3) is 5.16. The molecule has 0 aliphatic heterocycles. The van der Waals surface area contributed by atoms with Crippen molar-refractivity contribution in [3.8, 4) is 0 Å². The molecule has 0 saturated carbocycles. The van der Waals surface area contributed by atoms with Crippen LogP contribution in [-0.4, -0.2) is 17.6 Å². The van der Waals surface area contributed by atoms with Crippen LogP contribution in [0.4, 0.5) is 5.69 Å². The Morgan fingerprint density at radius 2 is 2.00 bits per heavy atom. The first kappa shape index (κ1) is 12.8. The van der Waals surface area contributed by atoms with Crippen molar-refractivity contribution in [1.82, 2.24) is 0 Å². The number of carbonyl (C=O) groups is 1. The molecule has 0 fully saturated rings. The van der Waals surface area contributed by atoms with Crippen molar-refractivity contribution in [2.75, 3.05) is 11.9 Å². The molecule has 1 aromatic rings. The Kier molecular flexibility index (Phi) is 6.16. The molecular weight excluding hydrogens is 201 g/mol. The molecular formula is C8H9ClNNaO2. The molecule has 1 aromatic carbocycles. The van der Waals surface area contributed by atoms with E-state index in [0.29, 0.717) is 5.02 Å². The van der Waals surface area contributed by atoms with Crippen LogP contribution in [0.2, 0.25) is 5.02 Å². The Hall–Kier alpha value is -0.220. The number of rotatable bonds is 3. The monoisotopic (exact) mass is 209 g/mol. The molecule has 0 aliphatic carbocycles. The van der Waals surface area contributed by atoms with Gasteiger partial charge in [-0.05, 0) is 24.3 Å². The quantitative estimate of drug-likeness (QED) is 0.625. The van der Waals surface area contributed by atoms with Crippen molar-refractivity contribution < 1.29 is 40.9 Å². The summed E-state index contributed by atoms with van der Waals surface area (Å²) in [5, 5.41) is 11.7. The van der Waals surface area contributed by atoms with E-state index in [1.54, 1.807) is 24.3 Å². The van der Waals surface area contributed by atoms with Gasteiger partial charge in [0.05, 0.1) is 0 Å². The number of carboxylic acids is 1. The van der Waals surface area contributed by atoms with Crippen LogP contribution in [0, 0.1) is 0 Å². The Labute approximate surface area is 105 Å². The topological polar surface area (TPSA) is 49.3 Å². The van der Waals surface area contributed by atoms with Crippen LogP contribution in [-0.2, 0) is 4.79 Å². The number of benzene rings is 1. The molecule has 0 bridgehead atoms. The molecule has 0 aliphatic rings. The average molecular weight is 210 g/mol. The average Bonchev–Trinajstić information content (AvgIpc) is 2.03. The van der Waals surface area contributed by atoms with Crippen molar-refractivity contribution in [1.29, 1.82) is 0 Å². The minimum absolute atomic E-state index is 0. The van der Waals surface area contributed by atoms with E-state index in [0.717, 1.165) is 5.69 Å². The second-order valence-electron chi connectivity index (χ2n) is 2.25. The predicted octanol–water partition coefficient (Wildman–Crippen LogP) is -1.05. The van der Waals surface area contributed by atoms with Crippen molar-refractivity contribution in [2.24, 2.45) is 0 Å². The van der Waals surface area contributed by atoms with Crippen LogP contribution in [0.3, 0.4) is 0 Å². The molecule has 66 valence electrons. The van der Waals surface area contributed by atoms with Crippen LogP contribution in [0.1, 0.15) is 1.43 Å². The zero-order valence-corrected chi connectivity index (χ0v) is 10.0. The van der Waals surface area contributed by atoms with Gasteiger partial charge in [-0.2, -0.15) is 0 Å². The van der Waals surface area contributed by atoms with Gasteiger partial charge < -0.3 is 11.8 Å². The summed E-state index contributed by atoms with van der Waals surface area (Å²) in [6.07, 6.45) is 0. The summed E-state index contributed by atoms with van der Waals surface area (Å²) >= 11 is 5.63. The fourth-order valence-corrected chi connectivity index (χ4v) is 0.871. The van der Waals surface area contributed by atoms with Crippen LogP contribution < -0.4 is 34.9 Å². The van der Waals surface area contributed by atoms with E-state index in [1.165, 1.54) is 0 Å². The van der Waals surface area contributed by atoms with E-state index in [1.807, 2.05) is 0 Å². The maximum Gasteiger partial charge on any atom is 1.00 e. The summed E-state index contributed by atoms with van der Waals surface area (Å²) in [6, 6.07) is 6.86. The Bertz CT molecular complexity index is 281. The number of hydrogen-bond donors (Lipinski definition) is 2. The number of hydrogen-bond acceptors (Lipinski definition) is 2. The SMILES string of the molecule is O=C(O)CNc1ccc(Cl)cc1.[H-].[Na+]. The summed E-state index contributed by atoms with van der Waals surface area (Å²) in [6.45, 7) is -0.0817. The largest absolute Gasteiger partial charge is 1.00 e. The smallest absolute Gasteiger partial charge is 1.00 e. The van der Waals surface area contributed by atoms with Crippen LogP contribution in [0.15, 0.2) is 24.3 Å². The van der Waals surface area contributed by atoms with Gasteiger partial charge in [0.2, 0.25) is 0 Å². The standard InChI is InChI=1S/C8H8ClNO2.Na.H/c9-6-1-3-7(4-2-6)10-5-8(11)12;;/h1-4,10H,5H2,(H,11,12);;/q;+1;-1. The van der Waals surface area contributed by atoms with Gasteiger partial charge >= 0.3 is 35.5 Å². The van der Waals surface area contributed by atoms with E-state index in [-0.39, 0.29) is 37.5 Å². The predicted molar refractivity (Wildman–Crippen MR) is 48.7 cm³/mol. The van der Waals surface area contributed by atoms with Gasteiger partial charge in [0.25, 0.3) is 0 Å². The van der Waals surface area contributed by atoms with Crippen molar-refractivity contribution in [3.05, 3.63) is 29.3 Å². The van der Waals surface area contributed by atoms with Gasteiger partial charge in [0.15, 0.2) is 0 Å². The van der Waals surface area contributed by atoms with Crippen LogP contribution >= 0.6 is 11.6 Å². The third-order valence-electron chi connectivity index (χ3n) is 1.29. The van der Waals surface area contributed by atoms with Gasteiger partial charge in [-0.25, -0.2) is 0 Å². The molecule has 5 heteroatoms. The molecule has 0 radical (unpaired) electrons. The number of carboxylic acid groups (broad SMARTS) is 1. The summed E-state index contributed by atoms with van der Waals surface area (Å²) < 4.78 is 0. The number of halogens is 1. The summed E-state index contributed by atoms with van der Waals surface area (Å²) in [5.74, 6) is -0.884. The zero-order valence-electron chi connectivity index (χ0n) is 8.25. The van der Waals surface area contributed by atoms with Gasteiger partial charge in [0, 0.05) is 10.7 Å². The van der Waals surface area contributed by atoms with Crippen LogP contribution in [0.5, 0.6) is 0 Å². The first-order valence-corrected chi connectivity index (χ1v) is 3.77. The zero-order chi connectivity index (χ0) is 8.97. The van der Waals surface area contributed by atoms with Crippen LogP contribution in [0.25, 0.3) is 0 Å². The fourth-order valence-electron chi connectivity index (χ4n) is 0.745. The van der Waals surface area contributed by atoms with Gasteiger partial charge in [-0.1, -0.05) is 11.6 Å². The molecule has 0 atom stereocenters. The summed E-state index contributed by atoms with van der Waals surface area (Å²) in [5.41, 5.74) is 0.752. The van der Waals surface area contributed by atoms with E-state index >= 15 is 0 Å². The molecule has 2 N–H and O–H groups in total.